The molecule has 0 aliphatic heterocycles. The number of allylic oxidation sites excluding steroid dienone is 1. The fourth-order valence-electron chi connectivity index (χ4n) is 7.87. The van der Waals surface area contributed by atoms with Crippen molar-refractivity contribution in [1.82, 2.24) is 0 Å². The van der Waals surface area contributed by atoms with Crippen LogP contribution in [0, 0.1) is 40.4 Å². The van der Waals surface area contributed by atoms with Crippen molar-refractivity contribution in [2.24, 2.45) is 40.4 Å². The molecule has 0 aromatic heterocycles. The van der Waals surface area contributed by atoms with Gasteiger partial charge in [-0.1, -0.05) is 26.3 Å². The summed E-state index contributed by atoms with van der Waals surface area (Å²) in [5.74, 6) is 4.15. The van der Waals surface area contributed by atoms with Gasteiger partial charge in [-0.3, -0.25) is 0 Å². The second-order valence-electron chi connectivity index (χ2n) is 10.0. The average molecular weight is 317 g/mol. The molecule has 130 valence electrons. The summed E-state index contributed by atoms with van der Waals surface area (Å²) < 4.78 is 0. The Labute approximate surface area is 142 Å². The molecule has 0 aromatic rings. The number of aliphatic hydroxyl groups excluding tert-OH is 1. The van der Waals surface area contributed by atoms with E-state index in [1.54, 1.807) is 0 Å². The van der Waals surface area contributed by atoms with Crippen molar-refractivity contribution in [2.75, 3.05) is 0 Å². The molecule has 0 radical (unpaired) electrons. The van der Waals surface area contributed by atoms with Gasteiger partial charge in [-0.15, -0.1) is 6.58 Å². The zero-order chi connectivity index (χ0) is 16.2. The molecule has 0 spiro atoms. The quantitative estimate of drug-likeness (QED) is 0.659. The number of hydrogen-bond donors (Lipinski definition) is 1. The van der Waals surface area contributed by atoms with E-state index in [9.17, 15) is 5.11 Å². The molecule has 4 fully saturated rings. The molecule has 23 heavy (non-hydrogen) atoms. The van der Waals surface area contributed by atoms with Crippen LogP contribution in [0.1, 0.15) is 78.1 Å². The minimum Gasteiger partial charge on any atom is -0.393 e. The molecular formula is C22H36O. The molecule has 1 unspecified atom stereocenters. The van der Waals surface area contributed by atoms with Gasteiger partial charge in [-0.25, -0.2) is 0 Å². The number of hydrogen-bond acceptors (Lipinski definition) is 1. The molecule has 0 heterocycles. The maximum atomic E-state index is 10.6. The monoisotopic (exact) mass is 316 g/mol. The smallest absolute Gasteiger partial charge is 0.0574 e. The predicted octanol–water partition coefficient (Wildman–Crippen LogP) is 5.58. The van der Waals surface area contributed by atoms with Crippen LogP contribution in [0.4, 0.5) is 0 Å². The Morgan fingerprint density at radius 2 is 1.91 bits per heavy atom. The summed E-state index contributed by atoms with van der Waals surface area (Å²) in [5.41, 5.74) is 1.15. The van der Waals surface area contributed by atoms with E-state index in [-0.39, 0.29) is 6.10 Å². The number of aliphatic hydroxyl groups is 1. The summed E-state index contributed by atoms with van der Waals surface area (Å²) >= 11 is 0. The lowest BCUT2D eigenvalue weighted by Crippen LogP contribution is -2.55. The van der Waals surface area contributed by atoms with Crippen molar-refractivity contribution >= 4 is 0 Å². The van der Waals surface area contributed by atoms with Crippen molar-refractivity contribution in [3.05, 3.63) is 12.7 Å². The van der Waals surface area contributed by atoms with E-state index in [1.165, 1.54) is 51.4 Å². The highest BCUT2D eigenvalue weighted by Gasteiger charge is 2.58. The molecule has 0 aromatic carbocycles. The van der Waals surface area contributed by atoms with Gasteiger partial charge in [0.15, 0.2) is 0 Å². The molecule has 0 saturated heterocycles. The minimum absolute atomic E-state index is 0.0806. The molecule has 0 bridgehead atoms. The minimum atomic E-state index is -0.0806. The summed E-state index contributed by atoms with van der Waals surface area (Å²) in [7, 11) is 0. The van der Waals surface area contributed by atoms with E-state index in [0.717, 1.165) is 36.5 Å². The van der Waals surface area contributed by atoms with Crippen LogP contribution in [0.25, 0.3) is 0 Å². The van der Waals surface area contributed by atoms with Crippen LogP contribution in [0.15, 0.2) is 12.7 Å². The van der Waals surface area contributed by atoms with E-state index in [4.69, 9.17) is 0 Å². The van der Waals surface area contributed by atoms with Crippen LogP contribution in [0.2, 0.25) is 0 Å². The second-order valence-corrected chi connectivity index (χ2v) is 10.0. The first kappa shape index (κ1) is 16.2. The molecular weight excluding hydrogens is 280 g/mol. The largest absolute Gasteiger partial charge is 0.393 e. The average Bonchev–Trinajstić information content (AvgIpc) is 2.91. The van der Waals surface area contributed by atoms with E-state index in [2.05, 4.69) is 20.4 Å². The molecule has 0 amide bonds. The Kier molecular flexibility index (Phi) is 3.95. The predicted molar refractivity (Wildman–Crippen MR) is 96.0 cm³/mol. The Morgan fingerprint density at radius 1 is 1.09 bits per heavy atom. The van der Waals surface area contributed by atoms with Crippen LogP contribution >= 0.6 is 0 Å². The van der Waals surface area contributed by atoms with Gasteiger partial charge in [0.1, 0.15) is 0 Å². The molecule has 1 nitrogen and oxygen atoms in total. The number of rotatable bonds is 2. The van der Waals surface area contributed by atoms with Crippen LogP contribution in [-0.4, -0.2) is 11.2 Å². The molecule has 4 aliphatic carbocycles. The van der Waals surface area contributed by atoms with Gasteiger partial charge in [0, 0.05) is 0 Å². The molecule has 4 rings (SSSR count). The zero-order valence-electron chi connectivity index (χ0n) is 15.3. The first-order chi connectivity index (χ1) is 11.0. The third-order valence-electron chi connectivity index (χ3n) is 9.09. The third-order valence-corrected chi connectivity index (χ3v) is 9.09. The molecule has 8 atom stereocenters. The van der Waals surface area contributed by atoms with Crippen molar-refractivity contribution in [3.8, 4) is 0 Å². The first-order valence-electron chi connectivity index (χ1n) is 10.3. The second kappa shape index (κ2) is 5.61. The Morgan fingerprint density at radius 3 is 2.70 bits per heavy atom. The van der Waals surface area contributed by atoms with Gasteiger partial charge < -0.3 is 5.11 Å². The Bertz CT molecular complexity index is 471. The topological polar surface area (TPSA) is 20.2 Å². The summed E-state index contributed by atoms with van der Waals surface area (Å²) in [6, 6.07) is 0. The van der Waals surface area contributed by atoms with Crippen molar-refractivity contribution in [1.29, 1.82) is 0 Å². The fraction of sp³-hybridized carbons (Fsp3) is 0.909. The van der Waals surface area contributed by atoms with Crippen molar-refractivity contribution < 1.29 is 5.11 Å². The standard InChI is InChI=1S/C22H36O/c1-4-6-15-14-22(3)16(13-20(15)23)8-9-17-18-7-5-11-21(18,2)12-10-19(17)22/h4,15-20,23H,1,5-14H2,2-3H3/t15-,16+,17+,18+,19+,20?,21+,22+/m1/s1. The lowest BCUT2D eigenvalue weighted by Gasteiger charge is -2.61. The fourth-order valence-corrected chi connectivity index (χ4v) is 7.87. The van der Waals surface area contributed by atoms with Crippen LogP contribution in [0.3, 0.4) is 0 Å². The highest BCUT2D eigenvalue weighted by atomic mass is 16.3. The van der Waals surface area contributed by atoms with Crippen molar-refractivity contribution in [2.45, 2.75) is 84.2 Å². The molecule has 4 saturated carbocycles. The normalized spacial score (nSPS) is 55.6. The highest BCUT2D eigenvalue weighted by molar-refractivity contribution is 5.08. The van der Waals surface area contributed by atoms with Crippen LogP contribution in [-0.2, 0) is 0 Å². The maximum absolute atomic E-state index is 10.6. The van der Waals surface area contributed by atoms with Gasteiger partial charge in [-0.2, -0.15) is 0 Å². The van der Waals surface area contributed by atoms with Gasteiger partial charge in [0.25, 0.3) is 0 Å². The third kappa shape index (κ3) is 2.36. The van der Waals surface area contributed by atoms with Crippen LogP contribution in [0.5, 0.6) is 0 Å². The lowest BCUT2D eigenvalue weighted by atomic mass is 9.44. The first-order valence-corrected chi connectivity index (χ1v) is 10.3. The molecule has 4 aliphatic rings. The van der Waals surface area contributed by atoms with Crippen LogP contribution < -0.4 is 0 Å². The Hall–Kier alpha value is -0.300. The lowest BCUT2D eigenvalue weighted by molar-refractivity contribution is -0.137. The molecule has 1 heteroatoms. The summed E-state index contributed by atoms with van der Waals surface area (Å²) in [4.78, 5) is 0. The van der Waals surface area contributed by atoms with Gasteiger partial charge >= 0.3 is 0 Å². The highest BCUT2D eigenvalue weighted by Crippen LogP contribution is 2.66. The van der Waals surface area contributed by atoms with Gasteiger partial charge in [-0.05, 0) is 98.2 Å². The SMILES string of the molecule is C=CC[C@@H]1C[C@@]2(C)[C@@H](CC[C@H]3[C@@H]4CCC[C@@]4(C)CC[C@@H]32)CC1O. The molecule has 1 N–H and O–H groups in total. The van der Waals surface area contributed by atoms with E-state index < -0.39 is 0 Å². The van der Waals surface area contributed by atoms with E-state index in [1.807, 2.05) is 6.08 Å². The van der Waals surface area contributed by atoms with Gasteiger partial charge in [0.2, 0.25) is 0 Å². The zero-order valence-corrected chi connectivity index (χ0v) is 15.3. The maximum Gasteiger partial charge on any atom is 0.0574 e. The van der Waals surface area contributed by atoms with E-state index >= 15 is 0 Å². The van der Waals surface area contributed by atoms with E-state index in [0.29, 0.717) is 16.7 Å². The Balaban J connectivity index is 1.61. The van der Waals surface area contributed by atoms with Gasteiger partial charge in [0.05, 0.1) is 6.10 Å². The summed E-state index contributed by atoms with van der Waals surface area (Å²) in [6.07, 6.45) is 15.5. The summed E-state index contributed by atoms with van der Waals surface area (Å²) in [6.45, 7) is 9.14. The summed E-state index contributed by atoms with van der Waals surface area (Å²) in [5, 5.41) is 10.6. The number of fused-ring (bicyclic) bond motifs is 5. The van der Waals surface area contributed by atoms with Crippen molar-refractivity contribution in [3.63, 3.8) is 0 Å².